The molecule has 4 N–H and O–H groups in total. The largest absolute Gasteiger partial charge is 0.394 e. The lowest BCUT2D eigenvalue weighted by molar-refractivity contribution is -0.127. The van der Waals surface area contributed by atoms with Gasteiger partial charge >= 0.3 is 0 Å². The molecule has 4 nitrogen and oxygen atoms in total. The maximum Gasteiger partial charge on any atom is 0.223 e. The fourth-order valence-corrected chi connectivity index (χ4v) is 2.06. The minimum absolute atomic E-state index is 0.0149. The molecule has 3 unspecified atom stereocenters. The third-order valence-electron chi connectivity index (χ3n) is 3.15. The van der Waals surface area contributed by atoms with Crippen molar-refractivity contribution in [2.75, 3.05) is 6.61 Å². The van der Waals surface area contributed by atoms with E-state index < -0.39 is 0 Å². The summed E-state index contributed by atoms with van der Waals surface area (Å²) in [6.45, 7) is 1.97. The van der Waals surface area contributed by atoms with Gasteiger partial charge in [-0.3, -0.25) is 4.79 Å². The van der Waals surface area contributed by atoms with Crippen molar-refractivity contribution in [3.05, 3.63) is 0 Å². The summed E-state index contributed by atoms with van der Waals surface area (Å²) in [7, 11) is 0. The lowest BCUT2D eigenvalue weighted by atomic mass is 9.85. The van der Waals surface area contributed by atoms with Crippen LogP contribution in [0.15, 0.2) is 0 Å². The van der Waals surface area contributed by atoms with Gasteiger partial charge in [0.2, 0.25) is 5.91 Å². The van der Waals surface area contributed by atoms with E-state index in [-0.39, 0.29) is 30.5 Å². The van der Waals surface area contributed by atoms with Crippen molar-refractivity contribution in [1.29, 1.82) is 0 Å². The lowest BCUT2D eigenvalue weighted by Crippen LogP contribution is -2.43. The zero-order chi connectivity index (χ0) is 11.3. The summed E-state index contributed by atoms with van der Waals surface area (Å²) < 4.78 is 0. The summed E-state index contributed by atoms with van der Waals surface area (Å²) in [5.41, 5.74) is 5.83. The van der Waals surface area contributed by atoms with Gasteiger partial charge in [0.15, 0.2) is 0 Å². The van der Waals surface area contributed by atoms with Crippen LogP contribution in [0.4, 0.5) is 0 Å². The van der Waals surface area contributed by atoms with Crippen molar-refractivity contribution in [3.8, 4) is 0 Å². The molecule has 4 heteroatoms. The second-order valence-corrected chi connectivity index (χ2v) is 4.42. The highest BCUT2D eigenvalue weighted by Crippen LogP contribution is 2.23. The molecule has 1 aliphatic rings. The Labute approximate surface area is 91.2 Å². The predicted molar refractivity (Wildman–Crippen MR) is 59.2 cm³/mol. The Bertz CT molecular complexity index is 205. The van der Waals surface area contributed by atoms with Gasteiger partial charge in [-0.25, -0.2) is 0 Å². The van der Waals surface area contributed by atoms with Crippen LogP contribution in [-0.4, -0.2) is 29.7 Å². The van der Waals surface area contributed by atoms with E-state index >= 15 is 0 Å². The third-order valence-corrected chi connectivity index (χ3v) is 3.15. The summed E-state index contributed by atoms with van der Waals surface area (Å²) in [6, 6.07) is 0.0688. The molecule has 15 heavy (non-hydrogen) atoms. The molecule has 1 rings (SSSR count). The van der Waals surface area contributed by atoms with Gasteiger partial charge in [0, 0.05) is 12.0 Å². The number of rotatable bonds is 4. The Morgan fingerprint density at radius 3 is 2.87 bits per heavy atom. The zero-order valence-electron chi connectivity index (χ0n) is 9.41. The topological polar surface area (TPSA) is 75.3 Å². The quantitative estimate of drug-likeness (QED) is 0.633. The first-order valence-corrected chi connectivity index (χ1v) is 5.84. The Balaban J connectivity index is 2.38. The SMILES string of the molecule is CCC(CO)NC(=O)C1CCCC(N)C1. The van der Waals surface area contributed by atoms with Crippen LogP contribution in [0.1, 0.15) is 39.0 Å². The van der Waals surface area contributed by atoms with Crippen molar-refractivity contribution in [1.82, 2.24) is 5.32 Å². The van der Waals surface area contributed by atoms with E-state index in [9.17, 15) is 4.79 Å². The Morgan fingerprint density at radius 1 is 1.60 bits per heavy atom. The Kier molecular flexibility index (Phi) is 5.05. The first kappa shape index (κ1) is 12.5. The van der Waals surface area contributed by atoms with E-state index in [0.717, 1.165) is 32.1 Å². The van der Waals surface area contributed by atoms with Gasteiger partial charge in [-0.1, -0.05) is 13.3 Å². The fourth-order valence-electron chi connectivity index (χ4n) is 2.06. The molecule has 1 aliphatic carbocycles. The summed E-state index contributed by atoms with van der Waals surface area (Å²) in [4.78, 5) is 11.8. The van der Waals surface area contributed by atoms with Crippen molar-refractivity contribution >= 4 is 5.91 Å². The van der Waals surface area contributed by atoms with Crippen LogP contribution in [0.3, 0.4) is 0 Å². The number of nitrogens with two attached hydrogens (primary N) is 1. The van der Waals surface area contributed by atoms with Crippen LogP contribution in [0.5, 0.6) is 0 Å². The van der Waals surface area contributed by atoms with Gasteiger partial charge in [0.25, 0.3) is 0 Å². The van der Waals surface area contributed by atoms with E-state index in [2.05, 4.69) is 5.32 Å². The molecule has 0 heterocycles. The number of amides is 1. The van der Waals surface area contributed by atoms with Gasteiger partial charge in [-0.05, 0) is 25.7 Å². The normalized spacial score (nSPS) is 28.5. The molecule has 0 saturated heterocycles. The zero-order valence-corrected chi connectivity index (χ0v) is 9.41. The van der Waals surface area contributed by atoms with Gasteiger partial charge < -0.3 is 16.2 Å². The van der Waals surface area contributed by atoms with Crippen molar-refractivity contribution in [3.63, 3.8) is 0 Å². The van der Waals surface area contributed by atoms with Crippen LogP contribution in [0.2, 0.25) is 0 Å². The molecule has 1 fully saturated rings. The van der Waals surface area contributed by atoms with E-state index in [0.29, 0.717) is 0 Å². The monoisotopic (exact) mass is 214 g/mol. The van der Waals surface area contributed by atoms with Crippen molar-refractivity contribution in [2.45, 2.75) is 51.1 Å². The highest BCUT2D eigenvalue weighted by Gasteiger charge is 2.26. The van der Waals surface area contributed by atoms with E-state index in [1.165, 1.54) is 0 Å². The van der Waals surface area contributed by atoms with Crippen LogP contribution < -0.4 is 11.1 Å². The van der Waals surface area contributed by atoms with Crippen LogP contribution in [-0.2, 0) is 4.79 Å². The minimum Gasteiger partial charge on any atom is -0.394 e. The van der Waals surface area contributed by atoms with Gasteiger partial charge in [0.1, 0.15) is 0 Å². The molecule has 3 atom stereocenters. The van der Waals surface area contributed by atoms with E-state index in [1.807, 2.05) is 6.92 Å². The summed E-state index contributed by atoms with van der Waals surface area (Å²) in [5.74, 6) is 0.111. The minimum atomic E-state index is -0.101. The lowest BCUT2D eigenvalue weighted by Gasteiger charge is -2.27. The molecule has 0 aliphatic heterocycles. The van der Waals surface area contributed by atoms with E-state index in [1.54, 1.807) is 0 Å². The highest BCUT2D eigenvalue weighted by atomic mass is 16.3. The molecule has 0 aromatic heterocycles. The smallest absolute Gasteiger partial charge is 0.223 e. The highest BCUT2D eigenvalue weighted by molar-refractivity contribution is 5.79. The number of nitrogens with one attached hydrogen (secondary N) is 1. The molecule has 0 bridgehead atoms. The maximum absolute atomic E-state index is 11.8. The maximum atomic E-state index is 11.8. The molecule has 1 saturated carbocycles. The molecule has 88 valence electrons. The number of aliphatic hydroxyl groups is 1. The van der Waals surface area contributed by atoms with Gasteiger partial charge in [-0.2, -0.15) is 0 Å². The number of aliphatic hydroxyl groups excluding tert-OH is 1. The Morgan fingerprint density at radius 2 is 2.33 bits per heavy atom. The predicted octanol–water partition coefficient (Wildman–Crippen LogP) is 0.391. The number of hydrogen-bond donors (Lipinski definition) is 3. The van der Waals surface area contributed by atoms with Crippen LogP contribution >= 0.6 is 0 Å². The molecular formula is C11H22N2O2. The van der Waals surface area contributed by atoms with Gasteiger partial charge in [0.05, 0.1) is 12.6 Å². The number of carbonyl (C=O) groups is 1. The third kappa shape index (κ3) is 3.80. The van der Waals surface area contributed by atoms with Crippen LogP contribution in [0, 0.1) is 5.92 Å². The molecule has 0 aromatic rings. The van der Waals surface area contributed by atoms with E-state index in [4.69, 9.17) is 10.8 Å². The molecule has 0 radical (unpaired) electrons. The summed E-state index contributed by atoms with van der Waals surface area (Å²) in [5, 5.41) is 11.8. The average molecular weight is 214 g/mol. The molecular weight excluding hydrogens is 192 g/mol. The van der Waals surface area contributed by atoms with Crippen molar-refractivity contribution in [2.24, 2.45) is 11.7 Å². The average Bonchev–Trinajstić information content (AvgIpc) is 2.25. The number of hydrogen-bond acceptors (Lipinski definition) is 3. The molecule has 0 aromatic carbocycles. The van der Waals surface area contributed by atoms with Crippen LogP contribution in [0.25, 0.3) is 0 Å². The molecule has 0 spiro atoms. The first-order valence-electron chi connectivity index (χ1n) is 5.84. The fraction of sp³-hybridized carbons (Fsp3) is 0.909. The number of carbonyl (C=O) groups excluding carboxylic acids is 1. The summed E-state index contributed by atoms with van der Waals surface area (Å²) >= 11 is 0. The second kappa shape index (κ2) is 6.08. The van der Waals surface area contributed by atoms with Gasteiger partial charge in [-0.15, -0.1) is 0 Å². The standard InChI is InChI=1S/C11H22N2O2/c1-2-10(7-14)13-11(15)8-4-3-5-9(12)6-8/h8-10,14H,2-7,12H2,1H3,(H,13,15). The van der Waals surface area contributed by atoms with Crippen molar-refractivity contribution < 1.29 is 9.90 Å². The second-order valence-electron chi connectivity index (χ2n) is 4.42. The molecule has 1 amide bonds. The first-order chi connectivity index (χ1) is 7.17. The summed E-state index contributed by atoms with van der Waals surface area (Å²) in [6.07, 6.45) is 4.55. The Hall–Kier alpha value is -0.610.